The second kappa shape index (κ2) is 7.33. The van der Waals surface area contributed by atoms with Gasteiger partial charge in [0.05, 0.1) is 23.3 Å². The molecule has 0 radical (unpaired) electrons. The summed E-state index contributed by atoms with van der Waals surface area (Å²) in [5.41, 5.74) is 0.457. The lowest BCUT2D eigenvalue weighted by Gasteiger charge is -2.04. The summed E-state index contributed by atoms with van der Waals surface area (Å²) in [6.45, 7) is 1.91. The van der Waals surface area contributed by atoms with Crippen molar-refractivity contribution in [1.82, 2.24) is 4.40 Å². The molecule has 0 aliphatic rings. The summed E-state index contributed by atoms with van der Waals surface area (Å²) < 4.78 is 8.04. The fourth-order valence-corrected chi connectivity index (χ4v) is 4.43. The number of carbonyl (C=O) groups is 2. The summed E-state index contributed by atoms with van der Waals surface area (Å²) in [4.78, 5) is 39.2. The quantitative estimate of drug-likeness (QED) is 0.330. The van der Waals surface area contributed by atoms with E-state index < -0.39 is 5.97 Å². The monoisotopic (exact) mass is 455 g/mol. The van der Waals surface area contributed by atoms with E-state index in [-0.39, 0.29) is 29.2 Å². The van der Waals surface area contributed by atoms with Crippen LogP contribution in [-0.4, -0.2) is 22.8 Å². The van der Waals surface area contributed by atoms with Crippen molar-refractivity contribution in [2.24, 2.45) is 0 Å². The van der Waals surface area contributed by atoms with Crippen molar-refractivity contribution in [3.05, 3.63) is 86.2 Å². The molecular weight excluding hydrogens is 442 g/mol. The summed E-state index contributed by atoms with van der Waals surface area (Å²) in [6, 6.07) is 15.4. The molecule has 0 atom stereocenters. The number of aromatic nitrogens is 1. The maximum absolute atomic E-state index is 13.2. The van der Waals surface area contributed by atoms with Crippen molar-refractivity contribution in [3.8, 4) is 0 Å². The van der Waals surface area contributed by atoms with Gasteiger partial charge in [-0.25, -0.2) is 4.79 Å². The van der Waals surface area contributed by atoms with E-state index in [0.29, 0.717) is 15.8 Å². The Labute approximate surface area is 172 Å². The molecule has 0 unspecified atom stereocenters. The molecule has 0 fully saturated rings. The number of benzene rings is 2. The van der Waals surface area contributed by atoms with Gasteiger partial charge in [-0.1, -0.05) is 28.1 Å². The molecule has 0 aliphatic heterocycles. The number of nitrogens with zero attached hydrogens (tertiary/aromatic N) is 1. The first-order chi connectivity index (χ1) is 13.5. The highest BCUT2D eigenvalue weighted by molar-refractivity contribution is 9.10. The Morgan fingerprint density at radius 3 is 2.54 bits per heavy atom. The molecule has 7 heteroatoms. The third kappa shape index (κ3) is 3.06. The first-order valence-electron chi connectivity index (χ1n) is 8.56. The van der Waals surface area contributed by atoms with Gasteiger partial charge in [0.25, 0.3) is 5.56 Å². The molecule has 0 bridgehead atoms. The molecule has 4 aromatic rings. The Balaban J connectivity index is 2.04. The predicted octanol–water partition coefficient (Wildman–Crippen LogP) is 4.68. The summed E-state index contributed by atoms with van der Waals surface area (Å²) in [6.07, 6.45) is 0. The SMILES string of the molecule is CCOC(=O)c1cc(C(=O)c2ccc(Br)cc2)n2c(=O)c3ccccc3sc12. The average molecular weight is 456 g/mol. The highest BCUT2D eigenvalue weighted by Gasteiger charge is 2.24. The number of ketones is 1. The molecule has 0 aliphatic carbocycles. The Kier molecular flexibility index (Phi) is 4.87. The fourth-order valence-electron chi connectivity index (χ4n) is 3.02. The lowest BCUT2D eigenvalue weighted by atomic mass is 10.1. The smallest absolute Gasteiger partial charge is 0.341 e. The minimum Gasteiger partial charge on any atom is -0.462 e. The molecule has 0 N–H and O–H groups in total. The van der Waals surface area contributed by atoms with Gasteiger partial charge in [-0.2, -0.15) is 0 Å². The molecule has 2 aromatic carbocycles. The molecule has 2 aromatic heterocycles. The second-order valence-electron chi connectivity index (χ2n) is 6.04. The lowest BCUT2D eigenvalue weighted by molar-refractivity contribution is 0.0529. The zero-order valence-electron chi connectivity index (χ0n) is 14.8. The summed E-state index contributed by atoms with van der Waals surface area (Å²) in [5, 5.41) is 0.496. The number of fused-ring (bicyclic) bond motifs is 2. The predicted molar refractivity (Wildman–Crippen MR) is 113 cm³/mol. The number of halogens is 1. The van der Waals surface area contributed by atoms with Crippen molar-refractivity contribution in [3.63, 3.8) is 0 Å². The fraction of sp³-hybridized carbons (Fsp3) is 0.0952. The lowest BCUT2D eigenvalue weighted by Crippen LogP contribution is -2.17. The largest absolute Gasteiger partial charge is 0.462 e. The average Bonchev–Trinajstić information content (AvgIpc) is 3.08. The molecule has 0 saturated heterocycles. The van der Waals surface area contributed by atoms with E-state index >= 15 is 0 Å². The van der Waals surface area contributed by atoms with Crippen molar-refractivity contribution in [1.29, 1.82) is 0 Å². The molecule has 28 heavy (non-hydrogen) atoms. The van der Waals surface area contributed by atoms with Crippen LogP contribution >= 0.6 is 27.3 Å². The Morgan fingerprint density at radius 2 is 1.82 bits per heavy atom. The number of ether oxygens (including phenoxy) is 1. The van der Waals surface area contributed by atoms with Crippen molar-refractivity contribution >= 4 is 53.9 Å². The normalized spacial score (nSPS) is 11.1. The van der Waals surface area contributed by atoms with E-state index in [0.717, 1.165) is 9.17 Å². The molecule has 2 heterocycles. The first kappa shape index (κ1) is 18.6. The molecule has 140 valence electrons. The van der Waals surface area contributed by atoms with Crippen LogP contribution in [-0.2, 0) is 4.74 Å². The maximum atomic E-state index is 13.2. The van der Waals surface area contributed by atoms with Gasteiger partial charge in [0.1, 0.15) is 4.83 Å². The van der Waals surface area contributed by atoms with Gasteiger partial charge in [0.15, 0.2) is 0 Å². The van der Waals surface area contributed by atoms with E-state index in [1.165, 1.54) is 21.8 Å². The molecule has 0 amide bonds. The van der Waals surface area contributed by atoms with Gasteiger partial charge in [-0.15, -0.1) is 11.3 Å². The van der Waals surface area contributed by atoms with Crippen molar-refractivity contribution < 1.29 is 14.3 Å². The van der Waals surface area contributed by atoms with Crippen LogP contribution in [0, 0.1) is 0 Å². The van der Waals surface area contributed by atoms with Crippen LogP contribution in [0.2, 0.25) is 0 Å². The Morgan fingerprint density at radius 1 is 1.11 bits per heavy atom. The molecule has 0 saturated carbocycles. The van der Waals surface area contributed by atoms with E-state index in [4.69, 9.17) is 4.74 Å². The van der Waals surface area contributed by atoms with Crippen LogP contribution in [0.1, 0.15) is 33.3 Å². The molecular formula is C21H14BrNO4S. The van der Waals surface area contributed by atoms with E-state index in [1.54, 1.807) is 43.3 Å². The highest BCUT2D eigenvalue weighted by atomic mass is 79.9. The van der Waals surface area contributed by atoms with Crippen LogP contribution < -0.4 is 5.56 Å². The van der Waals surface area contributed by atoms with Crippen molar-refractivity contribution in [2.45, 2.75) is 6.92 Å². The molecule has 5 nitrogen and oxygen atoms in total. The van der Waals surface area contributed by atoms with E-state index in [2.05, 4.69) is 15.9 Å². The van der Waals surface area contributed by atoms with Crippen LogP contribution in [0.4, 0.5) is 0 Å². The number of hydrogen-bond donors (Lipinski definition) is 0. The van der Waals surface area contributed by atoms with Crippen LogP contribution in [0.5, 0.6) is 0 Å². The second-order valence-corrected chi connectivity index (χ2v) is 7.99. The van der Waals surface area contributed by atoms with E-state index in [9.17, 15) is 14.4 Å². The third-order valence-electron chi connectivity index (χ3n) is 4.32. The summed E-state index contributed by atoms with van der Waals surface area (Å²) in [5.74, 6) is -0.890. The number of esters is 1. The number of rotatable bonds is 4. The van der Waals surface area contributed by atoms with Gasteiger partial charge in [0, 0.05) is 14.7 Å². The minimum absolute atomic E-state index is 0.146. The van der Waals surface area contributed by atoms with E-state index in [1.807, 2.05) is 12.1 Å². The van der Waals surface area contributed by atoms with Crippen LogP contribution in [0.25, 0.3) is 14.9 Å². The van der Waals surface area contributed by atoms with Gasteiger partial charge in [-0.3, -0.25) is 14.0 Å². The maximum Gasteiger partial charge on any atom is 0.341 e. The highest BCUT2D eigenvalue weighted by Crippen LogP contribution is 2.27. The summed E-state index contributed by atoms with van der Waals surface area (Å²) in [7, 11) is 0. The van der Waals surface area contributed by atoms with Gasteiger partial charge in [0.2, 0.25) is 5.78 Å². The Hall–Kier alpha value is -2.77. The first-order valence-corrected chi connectivity index (χ1v) is 10.2. The van der Waals surface area contributed by atoms with Crippen LogP contribution in [0.15, 0.2) is 63.9 Å². The Bertz CT molecular complexity index is 1290. The van der Waals surface area contributed by atoms with Gasteiger partial charge in [-0.05, 0) is 49.4 Å². The minimum atomic E-state index is -0.555. The number of hydrogen-bond acceptors (Lipinski definition) is 5. The van der Waals surface area contributed by atoms with Crippen LogP contribution in [0.3, 0.4) is 0 Å². The zero-order valence-corrected chi connectivity index (χ0v) is 17.2. The van der Waals surface area contributed by atoms with Gasteiger partial charge >= 0.3 is 5.97 Å². The standard InChI is InChI=1S/C21H14BrNO4S/c1-2-27-21(26)15-11-16(18(24)12-7-9-13(22)10-8-12)23-19(25)14-5-3-4-6-17(14)28-20(15)23/h3-11H,2H2,1H3. The third-order valence-corrected chi connectivity index (χ3v) is 6.02. The topological polar surface area (TPSA) is 64.8 Å². The van der Waals surface area contributed by atoms with Gasteiger partial charge < -0.3 is 4.74 Å². The molecule has 0 spiro atoms. The summed E-state index contributed by atoms with van der Waals surface area (Å²) >= 11 is 4.63. The number of carbonyl (C=O) groups excluding carboxylic acids is 2. The molecule has 4 rings (SSSR count). The zero-order chi connectivity index (χ0) is 19.8. The van der Waals surface area contributed by atoms with Crippen molar-refractivity contribution in [2.75, 3.05) is 6.61 Å².